The predicted molar refractivity (Wildman–Crippen MR) is 115 cm³/mol. The molecule has 5 rings (SSSR count). The van der Waals surface area contributed by atoms with Crippen molar-refractivity contribution in [2.24, 2.45) is 5.92 Å². The Balaban J connectivity index is 1.24. The number of hydrogen-bond acceptors (Lipinski definition) is 3. The molecule has 2 aliphatic heterocycles. The van der Waals surface area contributed by atoms with Crippen molar-refractivity contribution in [2.45, 2.75) is 88.2 Å². The van der Waals surface area contributed by atoms with Gasteiger partial charge in [0.1, 0.15) is 11.4 Å². The molecule has 1 unspecified atom stereocenters. The second-order valence-corrected chi connectivity index (χ2v) is 10.1. The average Bonchev–Trinajstić information content (AvgIpc) is 3.55. The molecule has 1 N–H and O–H groups in total. The van der Waals surface area contributed by atoms with Crippen LogP contribution in [0.3, 0.4) is 0 Å². The van der Waals surface area contributed by atoms with E-state index in [2.05, 4.69) is 34.5 Å². The first-order valence-electron chi connectivity index (χ1n) is 12.0. The van der Waals surface area contributed by atoms with Gasteiger partial charge in [0.15, 0.2) is 0 Å². The van der Waals surface area contributed by atoms with Crippen molar-refractivity contribution in [1.29, 1.82) is 0 Å². The highest BCUT2D eigenvalue weighted by Crippen LogP contribution is 2.46. The van der Waals surface area contributed by atoms with Crippen LogP contribution in [0.4, 0.5) is 0 Å². The van der Waals surface area contributed by atoms with Crippen LogP contribution < -0.4 is 10.1 Å². The second-order valence-electron chi connectivity index (χ2n) is 10.1. The number of ether oxygens (including phenoxy) is 1. The number of carbonyl (C=O) groups excluding carboxylic acids is 1. The van der Waals surface area contributed by atoms with Gasteiger partial charge >= 0.3 is 0 Å². The van der Waals surface area contributed by atoms with Gasteiger partial charge in [0.25, 0.3) is 0 Å². The zero-order valence-electron chi connectivity index (χ0n) is 17.7. The summed E-state index contributed by atoms with van der Waals surface area (Å²) >= 11 is 0. The smallest absolute Gasteiger partial charge is 0.220 e. The molecule has 1 saturated heterocycles. The SMILES string of the molecule is O=C(CC1CC2(CCN(CC3CCCCC3)CC2)Oc2ccccc21)NC1CC1. The lowest BCUT2D eigenvalue weighted by Gasteiger charge is -2.47. The van der Waals surface area contributed by atoms with E-state index in [0.717, 1.165) is 56.9 Å². The van der Waals surface area contributed by atoms with Crippen molar-refractivity contribution in [3.8, 4) is 5.75 Å². The zero-order chi connectivity index (χ0) is 19.7. The Kier molecular flexibility index (Phi) is 5.55. The fourth-order valence-corrected chi connectivity index (χ4v) is 5.85. The van der Waals surface area contributed by atoms with Gasteiger partial charge in [-0.15, -0.1) is 0 Å². The summed E-state index contributed by atoms with van der Waals surface area (Å²) in [5, 5.41) is 3.19. The Morgan fingerprint density at radius 1 is 1.07 bits per heavy atom. The van der Waals surface area contributed by atoms with E-state index < -0.39 is 0 Å². The van der Waals surface area contributed by atoms with E-state index in [1.165, 1.54) is 44.2 Å². The van der Waals surface area contributed by atoms with Gasteiger partial charge in [-0.1, -0.05) is 37.5 Å². The molecular formula is C25H36N2O2. The van der Waals surface area contributed by atoms with Gasteiger partial charge in [0, 0.05) is 38.0 Å². The topological polar surface area (TPSA) is 41.6 Å². The van der Waals surface area contributed by atoms with Gasteiger partial charge in [0.05, 0.1) is 0 Å². The van der Waals surface area contributed by atoms with E-state index >= 15 is 0 Å². The lowest BCUT2D eigenvalue weighted by molar-refractivity contribution is -0.122. The summed E-state index contributed by atoms with van der Waals surface area (Å²) in [5.41, 5.74) is 1.15. The maximum Gasteiger partial charge on any atom is 0.220 e. The summed E-state index contributed by atoms with van der Waals surface area (Å²) in [6.07, 6.45) is 13.2. The maximum absolute atomic E-state index is 12.6. The number of amides is 1. The first-order valence-corrected chi connectivity index (χ1v) is 12.0. The Morgan fingerprint density at radius 3 is 2.59 bits per heavy atom. The van der Waals surface area contributed by atoms with Gasteiger partial charge in [-0.2, -0.15) is 0 Å². The molecule has 0 aromatic heterocycles. The van der Waals surface area contributed by atoms with Crippen molar-refractivity contribution < 1.29 is 9.53 Å². The molecule has 2 saturated carbocycles. The van der Waals surface area contributed by atoms with Gasteiger partial charge in [0.2, 0.25) is 5.91 Å². The number of fused-ring (bicyclic) bond motifs is 1. The van der Waals surface area contributed by atoms with Crippen LogP contribution in [0, 0.1) is 5.92 Å². The van der Waals surface area contributed by atoms with Crippen LogP contribution in [-0.2, 0) is 4.79 Å². The molecule has 4 aliphatic rings. The van der Waals surface area contributed by atoms with Crippen LogP contribution in [0.5, 0.6) is 5.75 Å². The summed E-state index contributed by atoms with van der Waals surface area (Å²) < 4.78 is 6.65. The molecule has 1 aromatic rings. The van der Waals surface area contributed by atoms with Crippen molar-refractivity contribution >= 4 is 5.91 Å². The summed E-state index contributed by atoms with van der Waals surface area (Å²) in [5.74, 6) is 2.43. The minimum atomic E-state index is -0.0814. The van der Waals surface area contributed by atoms with Gasteiger partial charge < -0.3 is 15.0 Å². The van der Waals surface area contributed by atoms with Crippen molar-refractivity contribution in [3.63, 3.8) is 0 Å². The lowest BCUT2D eigenvalue weighted by atomic mass is 9.76. The largest absolute Gasteiger partial charge is 0.487 e. The van der Waals surface area contributed by atoms with Crippen LogP contribution in [0.1, 0.15) is 82.1 Å². The van der Waals surface area contributed by atoms with E-state index in [0.29, 0.717) is 12.5 Å². The number of nitrogens with one attached hydrogen (secondary N) is 1. The lowest BCUT2D eigenvalue weighted by Crippen LogP contribution is -2.51. The number of likely N-dealkylation sites (tertiary alicyclic amines) is 1. The number of rotatable bonds is 5. The summed E-state index contributed by atoms with van der Waals surface area (Å²) in [4.78, 5) is 15.2. The maximum atomic E-state index is 12.6. The quantitative estimate of drug-likeness (QED) is 0.789. The highest BCUT2D eigenvalue weighted by atomic mass is 16.5. The summed E-state index contributed by atoms with van der Waals surface area (Å²) in [6.45, 7) is 3.55. The summed E-state index contributed by atoms with van der Waals surface area (Å²) in [7, 11) is 0. The van der Waals surface area contributed by atoms with E-state index in [-0.39, 0.29) is 17.4 Å². The molecule has 4 nitrogen and oxygen atoms in total. The number of benzene rings is 1. The van der Waals surface area contributed by atoms with E-state index in [1.54, 1.807) is 0 Å². The Hall–Kier alpha value is -1.55. The number of para-hydroxylation sites is 1. The Labute approximate surface area is 175 Å². The van der Waals surface area contributed by atoms with E-state index in [1.807, 2.05) is 0 Å². The van der Waals surface area contributed by atoms with Crippen molar-refractivity contribution in [1.82, 2.24) is 10.2 Å². The molecule has 0 bridgehead atoms. The number of carbonyl (C=O) groups is 1. The molecule has 1 atom stereocenters. The van der Waals surface area contributed by atoms with Gasteiger partial charge in [-0.3, -0.25) is 4.79 Å². The van der Waals surface area contributed by atoms with Gasteiger partial charge in [-0.05, 0) is 62.5 Å². The van der Waals surface area contributed by atoms with E-state index in [4.69, 9.17) is 4.74 Å². The van der Waals surface area contributed by atoms with Gasteiger partial charge in [-0.25, -0.2) is 0 Å². The molecule has 158 valence electrons. The summed E-state index contributed by atoms with van der Waals surface area (Å²) in [6, 6.07) is 8.86. The average molecular weight is 397 g/mol. The molecule has 1 aromatic carbocycles. The molecule has 2 aliphatic carbocycles. The fourth-order valence-electron chi connectivity index (χ4n) is 5.85. The number of nitrogens with zero attached hydrogens (tertiary/aromatic N) is 1. The third-order valence-electron chi connectivity index (χ3n) is 7.69. The minimum absolute atomic E-state index is 0.0814. The molecule has 1 spiro atoms. The highest BCUT2D eigenvalue weighted by Gasteiger charge is 2.44. The normalized spacial score (nSPS) is 27.2. The fraction of sp³-hybridized carbons (Fsp3) is 0.720. The number of hydrogen-bond donors (Lipinski definition) is 1. The van der Waals surface area contributed by atoms with E-state index in [9.17, 15) is 4.79 Å². The predicted octanol–water partition coefficient (Wildman–Crippen LogP) is 4.64. The van der Waals surface area contributed by atoms with Crippen LogP contribution in [0.25, 0.3) is 0 Å². The van der Waals surface area contributed by atoms with Crippen LogP contribution in [-0.4, -0.2) is 42.1 Å². The van der Waals surface area contributed by atoms with Crippen molar-refractivity contribution in [3.05, 3.63) is 29.8 Å². The molecule has 4 heteroatoms. The first kappa shape index (κ1) is 19.4. The van der Waals surface area contributed by atoms with Crippen LogP contribution >= 0.6 is 0 Å². The molecule has 3 fully saturated rings. The molecule has 1 amide bonds. The molecule has 29 heavy (non-hydrogen) atoms. The van der Waals surface area contributed by atoms with Crippen LogP contribution in [0.15, 0.2) is 24.3 Å². The first-order chi connectivity index (χ1) is 14.2. The minimum Gasteiger partial charge on any atom is -0.487 e. The molecule has 2 heterocycles. The zero-order valence-corrected chi connectivity index (χ0v) is 17.7. The third-order valence-corrected chi connectivity index (χ3v) is 7.69. The Bertz CT molecular complexity index is 715. The second kappa shape index (κ2) is 8.29. The van der Waals surface area contributed by atoms with Crippen molar-refractivity contribution in [2.75, 3.05) is 19.6 Å². The highest BCUT2D eigenvalue weighted by molar-refractivity contribution is 5.77. The number of piperidine rings is 1. The van der Waals surface area contributed by atoms with Crippen LogP contribution in [0.2, 0.25) is 0 Å². The molecule has 0 radical (unpaired) electrons. The standard InChI is InChI=1S/C25H36N2O2/c28-24(26-21-10-11-21)16-20-17-25(29-23-9-5-4-8-22(20)23)12-14-27(15-13-25)18-19-6-2-1-3-7-19/h4-5,8-9,19-21H,1-3,6-7,10-18H2,(H,26,28). The third kappa shape index (κ3) is 4.63. The molecular weight excluding hydrogens is 360 g/mol. The Morgan fingerprint density at radius 2 is 1.83 bits per heavy atom. The monoisotopic (exact) mass is 396 g/mol.